The Morgan fingerprint density at radius 1 is 1.27 bits per heavy atom. The molecule has 5 nitrogen and oxygen atoms in total. The van der Waals surface area contributed by atoms with Crippen LogP contribution < -0.4 is 14.8 Å². The molecule has 0 fully saturated rings. The Labute approximate surface area is 133 Å². The molecule has 1 aliphatic heterocycles. The Hall–Kier alpha value is -2.08. The molecule has 2 aromatic rings. The molecular formula is C16H18N2O3S. The van der Waals surface area contributed by atoms with Crippen LogP contribution in [0.5, 0.6) is 11.5 Å². The van der Waals surface area contributed by atoms with Crippen LogP contribution in [0, 0.1) is 13.8 Å². The van der Waals surface area contributed by atoms with Crippen molar-refractivity contribution in [1.29, 1.82) is 0 Å². The molecule has 3 rings (SSSR count). The number of nitrogens with zero attached hydrogens (tertiary/aromatic N) is 1. The second-order valence-corrected chi connectivity index (χ2v) is 6.45. The zero-order valence-corrected chi connectivity index (χ0v) is 13.6. The smallest absolute Gasteiger partial charge is 0.263 e. The molecule has 1 aliphatic rings. The van der Waals surface area contributed by atoms with E-state index in [4.69, 9.17) is 9.47 Å². The summed E-state index contributed by atoms with van der Waals surface area (Å²) in [5, 5.41) is 3.91. The molecule has 1 unspecified atom stereocenters. The summed E-state index contributed by atoms with van der Waals surface area (Å²) in [6, 6.07) is 5.63. The highest BCUT2D eigenvalue weighted by Crippen LogP contribution is 2.32. The maximum absolute atomic E-state index is 12.4. The number of rotatable bonds is 3. The highest BCUT2D eigenvalue weighted by molar-refractivity contribution is 7.13. The monoisotopic (exact) mass is 318 g/mol. The maximum Gasteiger partial charge on any atom is 0.263 e. The van der Waals surface area contributed by atoms with Crippen LogP contribution in [-0.2, 0) is 0 Å². The van der Waals surface area contributed by atoms with Gasteiger partial charge in [0.25, 0.3) is 5.91 Å². The van der Waals surface area contributed by atoms with Gasteiger partial charge in [0.15, 0.2) is 11.5 Å². The Kier molecular flexibility index (Phi) is 4.02. The van der Waals surface area contributed by atoms with Gasteiger partial charge in [0.05, 0.1) is 16.7 Å². The van der Waals surface area contributed by atoms with Gasteiger partial charge in [-0.3, -0.25) is 4.79 Å². The number of hydrogen-bond donors (Lipinski definition) is 1. The Morgan fingerprint density at radius 2 is 2.00 bits per heavy atom. The number of fused-ring (bicyclic) bond motifs is 1. The van der Waals surface area contributed by atoms with Gasteiger partial charge in [0.2, 0.25) is 0 Å². The summed E-state index contributed by atoms with van der Waals surface area (Å²) in [6.07, 6.45) is 0. The van der Waals surface area contributed by atoms with E-state index in [-0.39, 0.29) is 11.9 Å². The fraction of sp³-hybridized carbons (Fsp3) is 0.375. The molecule has 0 aliphatic carbocycles. The fourth-order valence-electron chi connectivity index (χ4n) is 2.42. The lowest BCUT2D eigenvalue weighted by Gasteiger charge is -2.21. The van der Waals surface area contributed by atoms with Gasteiger partial charge in [-0.05, 0) is 38.5 Å². The maximum atomic E-state index is 12.4. The standard InChI is InChI=1S/C16H18N2O3S/c1-9(18-16(19)15-10(2)17-11(3)22-15)12-4-5-13-14(8-12)21-7-6-20-13/h4-5,8-9H,6-7H2,1-3H3,(H,18,19). The highest BCUT2D eigenvalue weighted by Gasteiger charge is 2.19. The van der Waals surface area contributed by atoms with Crippen molar-refractivity contribution in [2.24, 2.45) is 0 Å². The average Bonchev–Trinajstić information content (AvgIpc) is 2.85. The second kappa shape index (κ2) is 5.96. The largest absolute Gasteiger partial charge is 0.486 e. The van der Waals surface area contributed by atoms with Crippen molar-refractivity contribution in [3.8, 4) is 11.5 Å². The van der Waals surface area contributed by atoms with Crippen LogP contribution in [0.3, 0.4) is 0 Å². The number of amides is 1. The molecule has 0 bridgehead atoms. The van der Waals surface area contributed by atoms with Crippen molar-refractivity contribution in [1.82, 2.24) is 10.3 Å². The third kappa shape index (κ3) is 2.92. The number of hydrogen-bond acceptors (Lipinski definition) is 5. The summed E-state index contributed by atoms with van der Waals surface area (Å²) < 4.78 is 11.1. The number of nitrogens with one attached hydrogen (secondary N) is 1. The van der Waals surface area contributed by atoms with Crippen LogP contribution in [0.2, 0.25) is 0 Å². The lowest BCUT2D eigenvalue weighted by atomic mass is 10.1. The molecule has 0 saturated heterocycles. The Morgan fingerprint density at radius 3 is 2.68 bits per heavy atom. The first-order valence-corrected chi connectivity index (χ1v) is 8.00. The Bertz CT molecular complexity index is 711. The molecular weight excluding hydrogens is 300 g/mol. The van der Waals surface area contributed by atoms with E-state index < -0.39 is 0 Å². The van der Waals surface area contributed by atoms with E-state index in [1.807, 2.05) is 39.0 Å². The van der Waals surface area contributed by atoms with Gasteiger partial charge in [-0.25, -0.2) is 4.98 Å². The summed E-state index contributed by atoms with van der Waals surface area (Å²) in [5.74, 6) is 1.39. The number of carbonyl (C=O) groups excluding carboxylic acids is 1. The minimum atomic E-state index is -0.120. The molecule has 1 amide bonds. The zero-order chi connectivity index (χ0) is 15.7. The minimum absolute atomic E-state index is 0.0921. The molecule has 1 N–H and O–H groups in total. The lowest BCUT2D eigenvalue weighted by Crippen LogP contribution is -2.26. The van der Waals surface area contributed by atoms with Gasteiger partial charge < -0.3 is 14.8 Å². The van der Waals surface area contributed by atoms with Crippen LogP contribution in [0.15, 0.2) is 18.2 Å². The minimum Gasteiger partial charge on any atom is -0.486 e. The van der Waals surface area contributed by atoms with Crippen LogP contribution in [0.25, 0.3) is 0 Å². The van der Waals surface area contributed by atoms with E-state index in [1.54, 1.807) is 0 Å². The van der Waals surface area contributed by atoms with Gasteiger partial charge in [-0.2, -0.15) is 0 Å². The Balaban J connectivity index is 1.75. The van der Waals surface area contributed by atoms with E-state index in [0.717, 1.165) is 27.8 Å². The first kappa shape index (κ1) is 14.8. The van der Waals surface area contributed by atoms with Gasteiger partial charge in [-0.15, -0.1) is 11.3 Å². The predicted molar refractivity (Wildman–Crippen MR) is 84.9 cm³/mol. The summed E-state index contributed by atoms with van der Waals surface area (Å²) >= 11 is 1.41. The molecule has 1 aromatic carbocycles. The number of thiazole rings is 1. The quantitative estimate of drug-likeness (QED) is 0.945. The third-order valence-electron chi connectivity index (χ3n) is 3.52. The number of ether oxygens (including phenoxy) is 2. The van der Waals surface area contributed by atoms with Crippen molar-refractivity contribution in [2.45, 2.75) is 26.8 Å². The topological polar surface area (TPSA) is 60.5 Å². The molecule has 1 atom stereocenters. The summed E-state index contributed by atoms with van der Waals surface area (Å²) in [4.78, 5) is 17.3. The zero-order valence-electron chi connectivity index (χ0n) is 12.8. The summed E-state index contributed by atoms with van der Waals surface area (Å²) in [5.41, 5.74) is 1.76. The molecule has 0 radical (unpaired) electrons. The molecule has 2 heterocycles. The number of benzene rings is 1. The van der Waals surface area contributed by atoms with Crippen molar-refractivity contribution in [3.63, 3.8) is 0 Å². The molecule has 0 spiro atoms. The van der Waals surface area contributed by atoms with Crippen LogP contribution in [-0.4, -0.2) is 24.1 Å². The summed E-state index contributed by atoms with van der Waals surface area (Å²) in [6.45, 7) is 6.83. The third-order valence-corrected chi connectivity index (χ3v) is 4.60. The number of aromatic nitrogens is 1. The van der Waals surface area contributed by atoms with Gasteiger partial charge in [0, 0.05) is 0 Å². The second-order valence-electron chi connectivity index (χ2n) is 5.25. The van der Waals surface area contributed by atoms with Crippen molar-refractivity contribution >= 4 is 17.2 Å². The molecule has 0 saturated carbocycles. The number of aryl methyl sites for hydroxylation is 2. The van der Waals surface area contributed by atoms with Crippen LogP contribution in [0.1, 0.15) is 38.9 Å². The molecule has 6 heteroatoms. The lowest BCUT2D eigenvalue weighted by molar-refractivity contribution is 0.0943. The average molecular weight is 318 g/mol. The molecule has 1 aromatic heterocycles. The fourth-order valence-corrected chi connectivity index (χ4v) is 3.24. The van der Waals surface area contributed by atoms with Crippen molar-refractivity contribution < 1.29 is 14.3 Å². The molecule has 116 valence electrons. The van der Waals surface area contributed by atoms with Gasteiger partial charge >= 0.3 is 0 Å². The van der Waals surface area contributed by atoms with E-state index in [9.17, 15) is 4.79 Å². The normalized spacial score (nSPS) is 14.5. The van der Waals surface area contributed by atoms with Crippen LogP contribution >= 0.6 is 11.3 Å². The van der Waals surface area contributed by atoms with E-state index in [1.165, 1.54) is 11.3 Å². The first-order chi connectivity index (χ1) is 10.5. The number of carbonyl (C=O) groups is 1. The van der Waals surface area contributed by atoms with Crippen molar-refractivity contribution in [2.75, 3.05) is 13.2 Å². The van der Waals surface area contributed by atoms with Gasteiger partial charge in [-0.1, -0.05) is 6.07 Å². The van der Waals surface area contributed by atoms with Crippen molar-refractivity contribution in [3.05, 3.63) is 39.3 Å². The van der Waals surface area contributed by atoms with E-state index in [2.05, 4.69) is 10.3 Å². The SMILES string of the molecule is Cc1nc(C)c(C(=O)NC(C)c2ccc3c(c2)OCCO3)s1. The predicted octanol–water partition coefficient (Wildman–Crippen LogP) is 3.02. The van der Waals surface area contributed by atoms with Gasteiger partial charge in [0.1, 0.15) is 18.1 Å². The van der Waals surface area contributed by atoms with Crippen LogP contribution in [0.4, 0.5) is 0 Å². The highest BCUT2D eigenvalue weighted by atomic mass is 32.1. The molecule has 22 heavy (non-hydrogen) atoms. The first-order valence-electron chi connectivity index (χ1n) is 7.19. The van der Waals surface area contributed by atoms with E-state index >= 15 is 0 Å². The van der Waals surface area contributed by atoms with E-state index in [0.29, 0.717) is 18.1 Å². The summed E-state index contributed by atoms with van der Waals surface area (Å²) in [7, 11) is 0.